The van der Waals surface area contributed by atoms with Crippen molar-refractivity contribution >= 4 is 34.5 Å². The molecule has 0 N–H and O–H groups in total. The molecule has 3 aromatic heterocycles. The van der Waals surface area contributed by atoms with Crippen molar-refractivity contribution in [1.29, 1.82) is 0 Å². The fraction of sp³-hybridized carbons (Fsp3) is 0.143. The molecule has 0 bridgehead atoms. The average Bonchev–Trinajstić information content (AvgIpc) is 3.73. The normalized spacial score (nSPS) is 12.0. The smallest absolute Gasteiger partial charge is 0.291 e. The van der Waals surface area contributed by atoms with Crippen molar-refractivity contribution in [2.45, 2.75) is 13.8 Å². The molecule has 0 aliphatic carbocycles. The van der Waals surface area contributed by atoms with Gasteiger partial charge in [0.05, 0.1) is 16.8 Å². The van der Waals surface area contributed by atoms with Crippen LogP contribution in [0.5, 0.6) is 11.5 Å². The van der Waals surface area contributed by atoms with Crippen molar-refractivity contribution in [1.82, 2.24) is 24.4 Å². The number of rotatable bonds is 11. The van der Waals surface area contributed by atoms with Gasteiger partial charge in [0.25, 0.3) is 5.56 Å². The van der Waals surface area contributed by atoms with Crippen molar-refractivity contribution in [2.75, 3.05) is 13.2 Å². The van der Waals surface area contributed by atoms with Crippen LogP contribution in [0.3, 0.4) is 0 Å². The molecular formula is C35H31N5O3S. The fourth-order valence-electron chi connectivity index (χ4n) is 4.46. The predicted octanol–water partition coefficient (Wildman–Crippen LogP) is 6.32. The van der Waals surface area contributed by atoms with Gasteiger partial charge in [0.1, 0.15) is 23.8 Å². The number of hydrogen-bond acceptors (Lipinski definition) is 7. The van der Waals surface area contributed by atoms with Crippen LogP contribution in [-0.4, -0.2) is 37.6 Å². The maximum atomic E-state index is 13.4. The molecule has 0 fully saturated rings. The van der Waals surface area contributed by atoms with E-state index in [-0.39, 0.29) is 5.56 Å². The Morgan fingerprint density at radius 3 is 2.34 bits per heavy atom. The Labute approximate surface area is 258 Å². The molecule has 6 aromatic rings. The van der Waals surface area contributed by atoms with Crippen LogP contribution in [0.4, 0.5) is 0 Å². The molecule has 0 unspecified atom stereocenters. The third-order valence-corrected chi connectivity index (χ3v) is 7.59. The summed E-state index contributed by atoms with van der Waals surface area (Å²) in [7, 11) is 0. The van der Waals surface area contributed by atoms with Crippen LogP contribution in [0.25, 0.3) is 40.1 Å². The van der Waals surface area contributed by atoms with Gasteiger partial charge in [-0.1, -0.05) is 74.2 Å². The number of hydrogen-bond donors (Lipinski definition) is 0. The van der Waals surface area contributed by atoms with Crippen molar-refractivity contribution in [3.8, 4) is 28.4 Å². The molecule has 44 heavy (non-hydrogen) atoms. The van der Waals surface area contributed by atoms with Crippen LogP contribution in [0.15, 0.2) is 103 Å². The van der Waals surface area contributed by atoms with Crippen molar-refractivity contribution in [2.24, 2.45) is 5.92 Å². The number of benzene rings is 3. The van der Waals surface area contributed by atoms with Gasteiger partial charge in [0, 0.05) is 17.3 Å². The summed E-state index contributed by atoms with van der Waals surface area (Å²) in [6, 6.07) is 25.4. The van der Waals surface area contributed by atoms with Gasteiger partial charge in [-0.05, 0) is 72.2 Å². The van der Waals surface area contributed by atoms with Crippen molar-refractivity contribution in [3.63, 3.8) is 0 Å². The number of fused-ring (bicyclic) bond motifs is 1. The highest BCUT2D eigenvalue weighted by atomic mass is 32.1. The second kappa shape index (κ2) is 12.9. The molecule has 0 radical (unpaired) electrons. The first kappa shape index (κ1) is 28.8. The minimum absolute atomic E-state index is 0.225. The van der Waals surface area contributed by atoms with Crippen LogP contribution in [-0.2, 0) is 0 Å². The van der Waals surface area contributed by atoms with E-state index in [0.717, 1.165) is 39.6 Å². The number of aromatic nitrogens is 5. The number of nitrogens with zero attached hydrogens (tertiary/aromatic N) is 5. The molecule has 0 amide bonds. The zero-order valence-corrected chi connectivity index (χ0v) is 25.3. The Bertz CT molecular complexity index is 2020. The summed E-state index contributed by atoms with van der Waals surface area (Å²) in [6.45, 7) is 9.01. The van der Waals surface area contributed by atoms with Gasteiger partial charge in [0.2, 0.25) is 4.96 Å². The van der Waals surface area contributed by atoms with Gasteiger partial charge in [-0.3, -0.25) is 4.79 Å². The van der Waals surface area contributed by atoms with Crippen molar-refractivity contribution < 1.29 is 9.47 Å². The molecule has 9 heteroatoms. The van der Waals surface area contributed by atoms with E-state index >= 15 is 0 Å². The van der Waals surface area contributed by atoms with Crippen LogP contribution >= 0.6 is 11.3 Å². The number of ether oxygens (including phenoxy) is 2. The first-order valence-corrected chi connectivity index (χ1v) is 15.1. The molecule has 0 aliphatic heterocycles. The van der Waals surface area contributed by atoms with E-state index in [9.17, 15) is 4.79 Å². The number of thiazole rings is 1. The second-order valence-electron chi connectivity index (χ2n) is 10.5. The largest absolute Gasteiger partial charge is 0.493 e. The van der Waals surface area contributed by atoms with Gasteiger partial charge in [0.15, 0.2) is 5.82 Å². The van der Waals surface area contributed by atoms with E-state index in [1.54, 1.807) is 12.2 Å². The molecule has 0 aliphatic rings. The Kier molecular flexibility index (Phi) is 8.47. The molecule has 0 atom stereocenters. The van der Waals surface area contributed by atoms with Gasteiger partial charge in [-0.25, -0.2) is 4.68 Å². The van der Waals surface area contributed by atoms with Gasteiger partial charge >= 0.3 is 0 Å². The maximum Gasteiger partial charge on any atom is 0.291 e. The highest BCUT2D eigenvalue weighted by molar-refractivity contribution is 7.15. The molecule has 0 saturated carbocycles. The summed E-state index contributed by atoms with van der Waals surface area (Å²) in [4.78, 5) is 18.5. The maximum absolute atomic E-state index is 13.4. The van der Waals surface area contributed by atoms with Crippen LogP contribution in [0, 0.1) is 5.92 Å². The molecule has 3 aromatic carbocycles. The molecule has 220 valence electrons. The van der Waals surface area contributed by atoms with E-state index in [1.165, 1.54) is 15.9 Å². The Balaban J connectivity index is 1.31. The van der Waals surface area contributed by atoms with E-state index in [4.69, 9.17) is 14.6 Å². The van der Waals surface area contributed by atoms with Crippen LogP contribution in [0.2, 0.25) is 0 Å². The summed E-state index contributed by atoms with van der Waals surface area (Å²) >= 11 is 1.30. The average molecular weight is 602 g/mol. The van der Waals surface area contributed by atoms with E-state index in [0.29, 0.717) is 34.4 Å². The first-order chi connectivity index (χ1) is 21.5. The van der Waals surface area contributed by atoms with Crippen LogP contribution < -0.4 is 19.6 Å². The van der Waals surface area contributed by atoms with Gasteiger partial charge < -0.3 is 9.47 Å². The standard InChI is InChI=1S/C35H31N5O3S/c1-4-20-42-29-15-10-25(11-16-29)12-19-32-36-35-40(37-32)34(41)31(44-35)21-27-22-39(28-8-6-5-7-9-28)38-33(27)26-13-17-30(18-14-26)43-23-24(2)3/h4-19,21-22,24H,1,20,23H2,2-3H3/b19-12+,31-21-. The number of para-hydroxylation sites is 1. The zero-order chi connectivity index (χ0) is 30.5. The minimum Gasteiger partial charge on any atom is -0.493 e. The highest BCUT2D eigenvalue weighted by Crippen LogP contribution is 2.27. The SMILES string of the molecule is C=CCOc1ccc(/C=C/c2nc3s/c(=C\c4cn(-c5ccccc5)nc4-c4ccc(OCC(C)C)cc4)c(=O)n3n2)cc1. The summed E-state index contributed by atoms with van der Waals surface area (Å²) in [5.74, 6) is 2.48. The van der Waals surface area contributed by atoms with E-state index < -0.39 is 0 Å². The molecule has 0 spiro atoms. The topological polar surface area (TPSA) is 83.5 Å². The van der Waals surface area contributed by atoms with E-state index in [1.807, 2.05) is 102 Å². The Morgan fingerprint density at radius 1 is 0.909 bits per heavy atom. The fourth-order valence-corrected chi connectivity index (χ4v) is 5.37. The summed E-state index contributed by atoms with van der Waals surface area (Å²) in [5, 5.41) is 9.34. The van der Waals surface area contributed by atoms with Crippen molar-refractivity contribution in [3.05, 3.63) is 130 Å². The Hall–Kier alpha value is -5.28. The summed E-state index contributed by atoms with van der Waals surface area (Å²) in [5.41, 5.74) is 4.15. The van der Waals surface area contributed by atoms with Gasteiger partial charge in [-0.15, -0.1) is 5.10 Å². The predicted molar refractivity (Wildman–Crippen MR) is 176 cm³/mol. The lowest BCUT2D eigenvalue weighted by Crippen LogP contribution is -2.23. The molecule has 8 nitrogen and oxygen atoms in total. The second-order valence-corrected chi connectivity index (χ2v) is 11.5. The quantitative estimate of drug-likeness (QED) is 0.162. The third kappa shape index (κ3) is 6.53. The lowest BCUT2D eigenvalue weighted by atomic mass is 10.1. The van der Waals surface area contributed by atoms with Crippen LogP contribution in [0.1, 0.15) is 30.8 Å². The zero-order valence-electron chi connectivity index (χ0n) is 24.5. The highest BCUT2D eigenvalue weighted by Gasteiger charge is 2.14. The Morgan fingerprint density at radius 2 is 1.64 bits per heavy atom. The summed E-state index contributed by atoms with van der Waals surface area (Å²) in [6.07, 6.45) is 9.19. The lowest BCUT2D eigenvalue weighted by Gasteiger charge is -2.09. The first-order valence-electron chi connectivity index (χ1n) is 14.3. The van der Waals surface area contributed by atoms with E-state index in [2.05, 4.69) is 30.5 Å². The molecule has 3 heterocycles. The molecular weight excluding hydrogens is 570 g/mol. The molecule has 0 saturated heterocycles. The summed E-state index contributed by atoms with van der Waals surface area (Å²) < 4.78 is 15.1. The molecule has 6 rings (SSSR count). The van der Waals surface area contributed by atoms with Gasteiger partial charge in [-0.2, -0.15) is 14.6 Å². The minimum atomic E-state index is -0.225. The monoisotopic (exact) mass is 601 g/mol. The third-order valence-electron chi connectivity index (χ3n) is 6.63. The lowest BCUT2D eigenvalue weighted by molar-refractivity contribution is 0.271.